The number of hydrazone groups is 1. The third-order valence-corrected chi connectivity index (χ3v) is 5.56. The first-order valence-corrected chi connectivity index (χ1v) is 10.6. The lowest BCUT2D eigenvalue weighted by molar-refractivity contribution is 0.0954. The molecule has 0 aliphatic carbocycles. The summed E-state index contributed by atoms with van der Waals surface area (Å²) in [5, 5.41) is 5.15. The van der Waals surface area contributed by atoms with Crippen LogP contribution in [0.5, 0.6) is 11.5 Å². The standard InChI is InChI=1S/C22H17Cl2IN2O3/c1-29-21-10-15(5-9-20(21)25)22(28)27-26-12-14-2-7-18(8-3-14)30-13-16-4-6-17(23)11-19(16)24/h2-12H,13H2,1H3,(H,27,28)/b26-12-. The monoisotopic (exact) mass is 554 g/mol. The number of carbonyl (C=O) groups excluding carboxylic acids is 1. The van der Waals surface area contributed by atoms with Crippen LogP contribution in [0.15, 0.2) is 65.8 Å². The second kappa shape index (κ2) is 10.7. The summed E-state index contributed by atoms with van der Waals surface area (Å²) in [5.74, 6) is 1.01. The average molecular weight is 555 g/mol. The van der Waals surface area contributed by atoms with E-state index in [2.05, 4.69) is 33.1 Å². The molecular weight excluding hydrogens is 538 g/mol. The number of ether oxygens (including phenoxy) is 2. The first-order valence-electron chi connectivity index (χ1n) is 8.80. The van der Waals surface area contributed by atoms with Gasteiger partial charge in [0.2, 0.25) is 0 Å². The maximum Gasteiger partial charge on any atom is 0.271 e. The van der Waals surface area contributed by atoms with Crippen LogP contribution in [-0.4, -0.2) is 19.2 Å². The SMILES string of the molecule is COc1cc(C(=O)N/N=C\c2ccc(OCc3ccc(Cl)cc3Cl)cc2)ccc1I. The molecule has 0 saturated heterocycles. The van der Waals surface area contributed by atoms with Crippen LogP contribution in [0, 0.1) is 3.57 Å². The molecule has 0 spiro atoms. The topological polar surface area (TPSA) is 59.9 Å². The molecule has 1 amide bonds. The van der Waals surface area contributed by atoms with Gasteiger partial charge < -0.3 is 9.47 Å². The molecule has 0 fully saturated rings. The maximum atomic E-state index is 12.2. The Bertz CT molecular complexity index is 1070. The fourth-order valence-electron chi connectivity index (χ4n) is 2.48. The molecule has 5 nitrogen and oxygen atoms in total. The van der Waals surface area contributed by atoms with Crippen molar-refractivity contribution in [1.29, 1.82) is 0 Å². The fourth-order valence-corrected chi connectivity index (χ4v) is 3.50. The molecule has 0 heterocycles. The van der Waals surface area contributed by atoms with Gasteiger partial charge in [0.15, 0.2) is 0 Å². The molecular formula is C22H17Cl2IN2O3. The van der Waals surface area contributed by atoms with E-state index in [1.165, 1.54) is 0 Å². The Morgan fingerprint density at radius 1 is 1.10 bits per heavy atom. The van der Waals surface area contributed by atoms with Crippen molar-refractivity contribution in [3.63, 3.8) is 0 Å². The molecule has 3 rings (SSSR count). The Morgan fingerprint density at radius 3 is 2.57 bits per heavy atom. The number of halogens is 3. The van der Waals surface area contributed by atoms with Crippen molar-refractivity contribution >= 4 is 57.9 Å². The summed E-state index contributed by atoms with van der Waals surface area (Å²) < 4.78 is 11.9. The minimum absolute atomic E-state index is 0.319. The number of hydrogen-bond donors (Lipinski definition) is 1. The summed E-state index contributed by atoms with van der Waals surface area (Å²) in [6.45, 7) is 0.332. The van der Waals surface area contributed by atoms with Gasteiger partial charge in [-0.2, -0.15) is 5.10 Å². The molecule has 0 unspecified atom stereocenters. The van der Waals surface area contributed by atoms with Crippen molar-refractivity contribution < 1.29 is 14.3 Å². The summed E-state index contributed by atoms with van der Waals surface area (Å²) in [6, 6.07) is 17.8. The van der Waals surface area contributed by atoms with E-state index >= 15 is 0 Å². The molecule has 0 aromatic heterocycles. The maximum absolute atomic E-state index is 12.2. The molecule has 30 heavy (non-hydrogen) atoms. The summed E-state index contributed by atoms with van der Waals surface area (Å²) in [6.07, 6.45) is 1.56. The Balaban J connectivity index is 1.54. The molecule has 3 aromatic rings. The Kier molecular flexibility index (Phi) is 7.95. The average Bonchev–Trinajstić information content (AvgIpc) is 2.74. The summed E-state index contributed by atoms with van der Waals surface area (Å²) >= 11 is 14.2. The third kappa shape index (κ3) is 6.10. The van der Waals surface area contributed by atoms with Gasteiger partial charge in [-0.05, 0) is 82.8 Å². The minimum atomic E-state index is -0.319. The fraction of sp³-hybridized carbons (Fsp3) is 0.0909. The highest BCUT2D eigenvalue weighted by Gasteiger charge is 2.08. The quantitative estimate of drug-likeness (QED) is 0.223. The summed E-state index contributed by atoms with van der Waals surface area (Å²) in [5.41, 5.74) is 4.63. The molecule has 0 aliphatic heterocycles. The van der Waals surface area contributed by atoms with Gasteiger partial charge in [0.1, 0.15) is 18.1 Å². The van der Waals surface area contributed by atoms with Crippen molar-refractivity contribution in [2.24, 2.45) is 5.10 Å². The van der Waals surface area contributed by atoms with Crippen LogP contribution in [0.25, 0.3) is 0 Å². The predicted octanol–water partition coefficient (Wildman–Crippen LogP) is 5.95. The van der Waals surface area contributed by atoms with Crippen LogP contribution in [0.1, 0.15) is 21.5 Å². The summed E-state index contributed by atoms with van der Waals surface area (Å²) in [4.78, 5) is 12.2. The lowest BCUT2D eigenvalue weighted by Crippen LogP contribution is -2.17. The Labute approximate surface area is 198 Å². The summed E-state index contributed by atoms with van der Waals surface area (Å²) in [7, 11) is 1.56. The van der Waals surface area contributed by atoms with Crippen molar-refractivity contribution in [2.75, 3.05) is 7.11 Å². The van der Waals surface area contributed by atoms with Gasteiger partial charge in [0.25, 0.3) is 5.91 Å². The van der Waals surface area contributed by atoms with Crippen molar-refractivity contribution in [1.82, 2.24) is 5.43 Å². The van der Waals surface area contributed by atoms with E-state index in [1.54, 1.807) is 37.6 Å². The highest BCUT2D eigenvalue weighted by molar-refractivity contribution is 14.1. The van der Waals surface area contributed by atoms with Crippen molar-refractivity contribution in [2.45, 2.75) is 6.61 Å². The number of amides is 1. The number of benzene rings is 3. The molecule has 8 heteroatoms. The first kappa shape index (κ1) is 22.4. The lowest BCUT2D eigenvalue weighted by Gasteiger charge is -2.08. The number of nitrogens with one attached hydrogen (secondary N) is 1. The minimum Gasteiger partial charge on any atom is -0.496 e. The first-order chi connectivity index (χ1) is 14.5. The molecule has 0 aliphatic rings. The van der Waals surface area contributed by atoms with E-state index in [1.807, 2.05) is 36.4 Å². The number of carbonyl (C=O) groups is 1. The van der Waals surface area contributed by atoms with E-state index < -0.39 is 0 Å². The second-order valence-electron chi connectivity index (χ2n) is 6.14. The molecule has 3 aromatic carbocycles. The van der Waals surface area contributed by atoms with E-state index in [9.17, 15) is 4.79 Å². The van der Waals surface area contributed by atoms with E-state index in [0.717, 1.165) is 14.7 Å². The zero-order chi connectivity index (χ0) is 21.5. The highest BCUT2D eigenvalue weighted by atomic mass is 127. The van der Waals surface area contributed by atoms with Gasteiger partial charge in [-0.3, -0.25) is 4.79 Å². The molecule has 154 valence electrons. The van der Waals surface area contributed by atoms with E-state index in [4.69, 9.17) is 32.7 Å². The second-order valence-corrected chi connectivity index (χ2v) is 8.15. The zero-order valence-electron chi connectivity index (χ0n) is 15.9. The van der Waals surface area contributed by atoms with Crippen LogP contribution in [-0.2, 0) is 6.61 Å². The van der Waals surface area contributed by atoms with Crippen molar-refractivity contribution in [3.05, 3.63) is 91.0 Å². The van der Waals surface area contributed by atoms with Gasteiger partial charge in [-0.25, -0.2) is 5.43 Å². The van der Waals surface area contributed by atoms with Gasteiger partial charge in [0.05, 0.1) is 16.9 Å². The van der Waals surface area contributed by atoms with Crippen molar-refractivity contribution in [3.8, 4) is 11.5 Å². The van der Waals surface area contributed by atoms with Gasteiger partial charge >= 0.3 is 0 Å². The Hall–Kier alpha value is -2.29. The van der Waals surface area contributed by atoms with Crippen LogP contribution >= 0.6 is 45.8 Å². The third-order valence-electron chi connectivity index (χ3n) is 4.08. The van der Waals surface area contributed by atoms with Gasteiger partial charge in [-0.1, -0.05) is 29.3 Å². The van der Waals surface area contributed by atoms with E-state index in [0.29, 0.717) is 33.7 Å². The van der Waals surface area contributed by atoms with Crippen LogP contribution in [0.2, 0.25) is 10.0 Å². The Morgan fingerprint density at radius 2 is 1.87 bits per heavy atom. The zero-order valence-corrected chi connectivity index (χ0v) is 19.5. The highest BCUT2D eigenvalue weighted by Crippen LogP contribution is 2.23. The largest absolute Gasteiger partial charge is 0.496 e. The smallest absolute Gasteiger partial charge is 0.271 e. The lowest BCUT2D eigenvalue weighted by atomic mass is 10.2. The van der Waals surface area contributed by atoms with Crippen LogP contribution in [0.3, 0.4) is 0 Å². The molecule has 0 atom stereocenters. The van der Waals surface area contributed by atoms with Gasteiger partial charge in [0, 0.05) is 21.2 Å². The molecule has 0 saturated carbocycles. The number of nitrogens with zero attached hydrogens (tertiary/aromatic N) is 1. The van der Waals surface area contributed by atoms with E-state index in [-0.39, 0.29) is 5.91 Å². The number of hydrogen-bond acceptors (Lipinski definition) is 4. The van der Waals surface area contributed by atoms with Crippen LogP contribution < -0.4 is 14.9 Å². The van der Waals surface area contributed by atoms with Gasteiger partial charge in [-0.15, -0.1) is 0 Å². The number of methoxy groups -OCH3 is 1. The molecule has 0 bridgehead atoms. The molecule has 0 radical (unpaired) electrons. The number of rotatable bonds is 7. The molecule has 1 N–H and O–H groups in total. The normalized spacial score (nSPS) is 10.8. The predicted molar refractivity (Wildman–Crippen MR) is 128 cm³/mol. The van der Waals surface area contributed by atoms with Crippen LogP contribution in [0.4, 0.5) is 0 Å².